The quantitative estimate of drug-likeness (QED) is 0.342. The van der Waals surface area contributed by atoms with Crippen molar-refractivity contribution in [3.8, 4) is 5.69 Å². The Labute approximate surface area is 194 Å². The van der Waals surface area contributed by atoms with E-state index in [1.807, 2.05) is 31.2 Å². The van der Waals surface area contributed by atoms with Gasteiger partial charge in [-0.05, 0) is 56.7 Å². The molecule has 0 radical (unpaired) electrons. The van der Waals surface area contributed by atoms with Gasteiger partial charge in [0, 0.05) is 11.9 Å². The van der Waals surface area contributed by atoms with Gasteiger partial charge in [0.25, 0.3) is 5.56 Å². The first kappa shape index (κ1) is 22.5. The highest BCUT2D eigenvalue weighted by Crippen LogP contribution is 2.35. The molecule has 0 aliphatic heterocycles. The summed E-state index contributed by atoms with van der Waals surface area (Å²) in [4.78, 5) is 44.8. The number of fused-ring (bicyclic) bond motifs is 3. The minimum Gasteiger partial charge on any atom is -0.341 e. The molecular formula is C23H26N4O3S2. The third-order valence-corrected chi connectivity index (χ3v) is 7.92. The van der Waals surface area contributed by atoms with Crippen LogP contribution in [0, 0.1) is 6.92 Å². The standard InChI is InChI=1S/C23H26N4O3S2/c1-13-9-7-8-11-16(13)27-21(29)18-15-10-5-4-6-12-17(15)32-20(18)26-23(27)31-14(2)19(28)25-22(30)24-3/h7-9,11,14H,4-6,10,12H2,1-3H3,(H2,24,25,28,30). The highest BCUT2D eigenvalue weighted by Gasteiger charge is 2.25. The molecule has 0 fully saturated rings. The van der Waals surface area contributed by atoms with Crippen LogP contribution in [0.25, 0.3) is 15.9 Å². The zero-order valence-corrected chi connectivity index (χ0v) is 20.0. The number of para-hydroxylation sites is 1. The van der Waals surface area contributed by atoms with Gasteiger partial charge in [0.2, 0.25) is 5.91 Å². The number of imide groups is 1. The van der Waals surface area contributed by atoms with E-state index in [1.165, 1.54) is 30.1 Å². The molecule has 168 valence electrons. The highest BCUT2D eigenvalue weighted by atomic mass is 32.2. The predicted octanol–water partition coefficient (Wildman–Crippen LogP) is 3.96. The molecule has 7 nitrogen and oxygen atoms in total. The number of carbonyl (C=O) groups excluding carboxylic acids is 2. The first-order chi connectivity index (χ1) is 15.4. The number of hydrogen-bond acceptors (Lipinski definition) is 6. The van der Waals surface area contributed by atoms with Crippen molar-refractivity contribution in [2.75, 3.05) is 7.05 Å². The lowest BCUT2D eigenvalue weighted by Crippen LogP contribution is -2.41. The molecule has 3 aromatic rings. The van der Waals surface area contributed by atoms with Gasteiger partial charge in [0.15, 0.2) is 5.16 Å². The van der Waals surface area contributed by atoms with Crippen LogP contribution in [0.2, 0.25) is 0 Å². The topological polar surface area (TPSA) is 93.1 Å². The second-order valence-corrected chi connectivity index (χ2v) is 10.3. The Bertz CT molecular complexity index is 1250. The van der Waals surface area contributed by atoms with Crippen LogP contribution in [0.3, 0.4) is 0 Å². The Balaban J connectivity index is 1.87. The molecule has 0 bridgehead atoms. The van der Waals surface area contributed by atoms with Gasteiger partial charge in [0.1, 0.15) is 4.83 Å². The lowest BCUT2D eigenvalue weighted by molar-refractivity contribution is -0.119. The van der Waals surface area contributed by atoms with Gasteiger partial charge in [-0.25, -0.2) is 9.78 Å². The maximum atomic E-state index is 13.9. The van der Waals surface area contributed by atoms with Gasteiger partial charge < -0.3 is 5.32 Å². The van der Waals surface area contributed by atoms with Crippen LogP contribution in [-0.2, 0) is 17.6 Å². The number of amides is 3. The molecule has 1 aromatic carbocycles. The average Bonchev–Trinajstić information content (AvgIpc) is 2.95. The Morgan fingerprint density at radius 1 is 1.19 bits per heavy atom. The fourth-order valence-corrected chi connectivity index (χ4v) is 6.18. The number of urea groups is 1. The molecule has 1 aliphatic carbocycles. The molecule has 1 aliphatic rings. The third-order valence-electron chi connectivity index (χ3n) is 5.68. The summed E-state index contributed by atoms with van der Waals surface area (Å²) in [6, 6.07) is 7.11. The van der Waals surface area contributed by atoms with Crippen molar-refractivity contribution in [3.63, 3.8) is 0 Å². The molecule has 2 heterocycles. The number of nitrogens with zero attached hydrogens (tertiary/aromatic N) is 2. The van der Waals surface area contributed by atoms with Crippen LogP contribution < -0.4 is 16.2 Å². The van der Waals surface area contributed by atoms with Crippen molar-refractivity contribution in [2.24, 2.45) is 0 Å². The summed E-state index contributed by atoms with van der Waals surface area (Å²) in [6.45, 7) is 3.65. The smallest absolute Gasteiger partial charge is 0.321 e. The molecule has 1 atom stereocenters. The molecule has 0 spiro atoms. The zero-order valence-electron chi connectivity index (χ0n) is 18.4. The molecule has 9 heteroatoms. The number of nitrogens with one attached hydrogen (secondary N) is 2. The van der Waals surface area contributed by atoms with E-state index in [0.29, 0.717) is 10.5 Å². The maximum Gasteiger partial charge on any atom is 0.321 e. The van der Waals surface area contributed by atoms with Crippen molar-refractivity contribution < 1.29 is 9.59 Å². The van der Waals surface area contributed by atoms with Crippen LogP contribution in [0.15, 0.2) is 34.2 Å². The van der Waals surface area contributed by atoms with Crippen molar-refractivity contribution in [1.29, 1.82) is 0 Å². The zero-order chi connectivity index (χ0) is 22.8. The molecule has 0 saturated heterocycles. The van der Waals surface area contributed by atoms with Crippen LogP contribution in [0.5, 0.6) is 0 Å². The highest BCUT2D eigenvalue weighted by molar-refractivity contribution is 8.00. The number of thiophene rings is 1. The second-order valence-electron chi connectivity index (χ2n) is 7.89. The van der Waals surface area contributed by atoms with Crippen LogP contribution >= 0.6 is 23.1 Å². The third kappa shape index (κ3) is 4.31. The first-order valence-corrected chi connectivity index (χ1v) is 12.4. The molecule has 4 rings (SSSR count). The SMILES string of the molecule is CNC(=O)NC(=O)C(C)Sc1nc2sc3c(c2c(=O)n1-c1ccccc1C)CCCCC3. The minimum atomic E-state index is -0.621. The van der Waals surface area contributed by atoms with Gasteiger partial charge in [-0.3, -0.25) is 19.5 Å². The summed E-state index contributed by atoms with van der Waals surface area (Å²) >= 11 is 2.78. The summed E-state index contributed by atoms with van der Waals surface area (Å²) in [5, 5.41) is 5.21. The summed E-state index contributed by atoms with van der Waals surface area (Å²) in [6.07, 6.45) is 5.26. The summed E-state index contributed by atoms with van der Waals surface area (Å²) in [7, 11) is 1.45. The van der Waals surface area contributed by atoms with E-state index < -0.39 is 17.2 Å². The average molecular weight is 471 g/mol. The van der Waals surface area contributed by atoms with Gasteiger partial charge in [0.05, 0.1) is 16.3 Å². The molecule has 0 saturated carbocycles. The van der Waals surface area contributed by atoms with Gasteiger partial charge in [-0.1, -0.05) is 36.4 Å². The van der Waals surface area contributed by atoms with Gasteiger partial charge >= 0.3 is 6.03 Å². The van der Waals surface area contributed by atoms with Crippen molar-refractivity contribution in [2.45, 2.75) is 56.4 Å². The van der Waals surface area contributed by atoms with Crippen LogP contribution in [0.4, 0.5) is 4.79 Å². The fourth-order valence-electron chi connectivity index (χ4n) is 3.96. The van der Waals surface area contributed by atoms with E-state index in [4.69, 9.17) is 4.98 Å². The Morgan fingerprint density at radius 2 is 1.94 bits per heavy atom. The molecular weight excluding hydrogens is 444 g/mol. The lowest BCUT2D eigenvalue weighted by atomic mass is 10.1. The van der Waals surface area contributed by atoms with E-state index >= 15 is 0 Å². The van der Waals surface area contributed by atoms with E-state index in [9.17, 15) is 14.4 Å². The normalized spacial score (nSPS) is 14.5. The van der Waals surface area contributed by atoms with Gasteiger partial charge in [-0.2, -0.15) is 0 Å². The first-order valence-electron chi connectivity index (χ1n) is 10.7. The molecule has 32 heavy (non-hydrogen) atoms. The fraction of sp³-hybridized carbons (Fsp3) is 0.391. The lowest BCUT2D eigenvalue weighted by Gasteiger charge is -2.17. The molecule has 2 aromatic heterocycles. The predicted molar refractivity (Wildman–Crippen MR) is 129 cm³/mol. The number of thioether (sulfide) groups is 1. The van der Waals surface area contributed by atoms with E-state index in [2.05, 4.69) is 10.6 Å². The summed E-state index contributed by atoms with van der Waals surface area (Å²) < 4.78 is 1.63. The van der Waals surface area contributed by atoms with E-state index in [-0.39, 0.29) is 5.56 Å². The minimum absolute atomic E-state index is 0.0925. The number of benzene rings is 1. The number of hydrogen-bond donors (Lipinski definition) is 2. The summed E-state index contributed by atoms with van der Waals surface area (Å²) in [5.41, 5.74) is 2.75. The van der Waals surface area contributed by atoms with Crippen molar-refractivity contribution in [3.05, 3.63) is 50.6 Å². The van der Waals surface area contributed by atoms with Crippen LogP contribution in [0.1, 0.15) is 42.2 Å². The molecule has 2 N–H and O–H groups in total. The number of aromatic nitrogens is 2. The van der Waals surface area contributed by atoms with E-state index in [1.54, 1.807) is 22.8 Å². The molecule has 3 amide bonds. The van der Waals surface area contributed by atoms with E-state index in [0.717, 1.165) is 47.3 Å². The molecule has 1 unspecified atom stereocenters. The number of aryl methyl sites for hydroxylation is 3. The maximum absolute atomic E-state index is 13.9. The van der Waals surface area contributed by atoms with Gasteiger partial charge in [-0.15, -0.1) is 11.3 Å². The van der Waals surface area contributed by atoms with Crippen molar-refractivity contribution in [1.82, 2.24) is 20.2 Å². The largest absolute Gasteiger partial charge is 0.341 e. The Kier molecular flexibility index (Phi) is 6.66. The van der Waals surface area contributed by atoms with Crippen molar-refractivity contribution >= 4 is 45.3 Å². The Morgan fingerprint density at radius 3 is 2.69 bits per heavy atom. The monoisotopic (exact) mass is 470 g/mol. The van der Waals surface area contributed by atoms with Crippen LogP contribution in [-0.4, -0.2) is 33.8 Å². The number of rotatable bonds is 4. The second kappa shape index (κ2) is 9.46. The summed E-state index contributed by atoms with van der Waals surface area (Å²) in [5.74, 6) is -0.443. The Hall–Kier alpha value is -2.65. The number of carbonyl (C=O) groups is 2.